The number of Topliss-reactive ketones (excluding diaryl/α,β-unsaturated/α-hetero) is 1. The third kappa shape index (κ3) is 2.65. The van der Waals surface area contributed by atoms with Crippen LogP contribution < -0.4 is 5.43 Å². The van der Waals surface area contributed by atoms with Gasteiger partial charge in [0.2, 0.25) is 0 Å². The first kappa shape index (κ1) is 13.3. The Morgan fingerprint density at radius 1 is 1.21 bits per heavy atom. The second-order valence-corrected chi connectivity index (χ2v) is 4.64. The Labute approximate surface area is 112 Å². The highest BCUT2D eigenvalue weighted by Gasteiger charge is 2.09. The summed E-state index contributed by atoms with van der Waals surface area (Å²) >= 11 is 0. The van der Waals surface area contributed by atoms with Gasteiger partial charge in [0, 0.05) is 23.6 Å². The summed E-state index contributed by atoms with van der Waals surface area (Å²) in [6.07, 6.45) is 2.61. The summed E-state index contributed by atoms with van der Waals surface area (Å²) in [6.45, 7) is 5.38. The smallest absolute Gasteiger partial charge is 0.192 e. The Morgan fingerprint density at radius 2 is 1.84 bits per heavy atom. The number of pyridine rings is 1. The van der Waals surface area contributed by atoms with Crippen LogP contribution in [-0.2, 0) is 6.42 Å². The van der Waals surface area contributed by atoms with Gasteiger partial charge in [-0.2, -0.15) is 0 Å². The molecule has 2 aromatic rings. The van der Waals surface area contributed by atoms with E-state index in [1.165, 1.54) is 18.6 Å². The summed E-state index contributed by atoms with van der Waals surface area (Å²) in [6, 6.07) is 9.62. The molecule has 3 heteroatoms. The second-order valence-electron chi connectivity index (χ2n) is 4.64. The number of aromatic nitrogens is 1. The predicted octanol–water partition coefficient (Wildman–Crippen LogP) is 2.91. The first-order valence-corrected chi connectivity index (χ1v) is 6.36. The fraction of sp³-hybridized carbons (Fsp3) is 0.250. The lowest BCUT2D eigenvalue weighted by Gasteiger charge is -2.12. The lowest BCUT2D eigenvalue weighted by molar-refractivity contribution is 0.101. The topological polar surface area (TPSA) is 39.1 Å². The Kier molecular flexibility index (Phi) is 3.65. The zero-order valence-corrected chi connectivity index (χ0v) is 11.4. The van der Waals surface area contributed by atoms with Crippen molar-refractivity contribution in [3.8, 4) is 5.69 Å². The van der Waals surface area contributed by atoms with E-state index in [1.54, 1.807) is 6.20 Å². The quantitative estimate of drug-likeness (QED) is 0.791. The van der Waals surface area contributed by atoms with Gasteiger partial charge in [-0.3, -0.25) is 9.59 Å². The Hall–Kier alpha value is -2.16. The van der Waals surface area contributed by atoms with Crippen molar-refractivity contribution in [2.24, 2.45) is 0 Å². The maximum atomic E-state index is 11.7. The highest BCUT2D eigenvalue weighted by atomic mass is 16.1. The van der Waals surface area contributed by atoms with Crippen molar-refractivity contribution in [2.45, 2.75) is 27.2 Å². The maximum Gasteiger partial charge on any atom is 0.192 e. The molecule has 0 radical (unpaired) electrons. The van der Waals surface area contributed by atoms with Crippen LogP contribution in [0.25, 0.3) is 5.69 Å². The van der Waals surface area contributed by atoms with Gasteiger partial charge in [0.15, 0.2) is 11.2 Å². The van der Waals surface area contributed by atoms with Crippen molar-refractivity contribution in [3.05, 3.63) is 63.6 Å². The first-order valence-electron chi connectivity index (χ1n) is 6.36. The van der Waals surface area contributed by atoms with E-state index < -0.39 is 0 Å². The van der Waals surface area contributed by atoms with E-state index in [-0.39, 0.29) is 16.8 Å². The van der Waals surface area contributed by atoms with Gasteiger partial charge in [0.1, 0.15) is 0 Å². The summed E-state index contributed by atoms with van der Waals surface area (Å²) in [5.74, 6) is -0.205. The summed E-state index contributed by atoms with van der Waals surface area (Å²) in [5.41, 5.74) is 3.04. The number of carbonyl (C=O) groups is 1. The Bertz CT molecular complexity index is 666. The second kappa shape index (κ2) is 5.22. The minimum atomic E-state index is -0.216. The van der Waals surface area contributed by atoms with Crippen molar-refractivity contribution in [2.75, 3.05) is 0 Å². The van der Waals surface area contributed by atoms with Gasteiger partial charge in [-0.1, -0.05) is 19.1 Å². The SMILES string of the molecule is CCc1ccc(-n2cc(C(C)=O)c(=O)cc2C)cc1. The van der Waals surface area contributed by atoms with Crippen molar-refractivity contribution in [1.82, 2.24) is 4.57 Å². The van der Waals surface area contributed by atoms with Crippen LogP contribution in [-0.4, -0.2) is 10.4 Å². The summed E-state index contributed by atoms with van der Waals surface area (Å²) < 4.78 is 1.87. The Morgan fingerprint density at radius 3 is 2.37 bits per heavy atom. The predicted molar refractivity (Wildman–Crippen MR) is 76.2 cm³/mol. The number of ketones is 1. The van der Waals surface area contributed by atoms with Crippen LogP contribution in [0.4, 0.5) is 0 Å². The molecule has 1 aromatic heterocycles. The van der Waals surface area contributed by atoms with Gasteiger partial charge in [-0.15, -0.1) is 0 Å². The van der Waals surface area contributed by atoms with Crippen LogP contribution in [0.2, 0.25) is 0 Å². The van der Waals surface area contributed by atoms with Crippen LogP contribution in [0, 0.1) is 6.92 Å². The van der Waals surface area contributed by atoms with Crippen molar-refractivity contribution in [1.29, 1.82) is 0 Å². The van der Waals surface area contributed by atoms with Gasteiger partial charge >= 0.3 is 0 Å². The molecule has 0 aliphatic rings. The van der Waals surface area contributed by atoms with Crippen LogP contribution in [0.15, 0.2) is 41.3 Å². The third-order valence-corrected chi connectivity index (χ3v) is 3.25. The molecule has 0 bridgehead atoms. The van der Waals surface area contributed by atoms with Crippen LogP contribution in [0.3, 0.4) is 0 Å². The Balaban J connectivity index is 2.57. The molecule has 0 aliphatic heterocycles. The van der Waals surface area contributed by atoms with E-state index in [0.717, 1.165) is 17.8 Å². The van der Waals surface area contributed by atoms with E-state index in [9.17, 15) is 9.59 Å². The molecule has 0 saturated heterocycles. The molecule has 0 fully saturated rings. The van der Waals surface area contributed by atoms with Crippen LogP contribution >= 0.6 is 0 Å². The molecule has 1 heterocycles. The highest BCUT2D eigenvalue weighted by molar-refractivity contribution is 5.93. The molecule has 98 valence electrons. The summed E-state index contributed by atoms with van der Waals surface area (Å²) in [4.78, 5) is 23.2. The lowest BCUT2D eigenvalue weighted by Crippen LogP contribution is -2.16. The number of aryl methyl sites for hydroxylation is 2. The number of hydrogen-bond donors (Lipinski definition) is 0. The average Bonchev–Trinajstić information content (AvgIpc) is 2.38. The van der Waals surface area contributed by atoms with E-state index in [0.29, 0.717) is 0 Å². The van der Waals surface area contributed by atoms with Crippen LogP contribution in [0.5, 0.6) is 0 Å². The summed E-state index contributed by atoms with van der Waals surface area (Å²) in [5, 5.41) is 0. The molecule has 0 saturated carbocycles. The molecule has 0 atom stereocenters. The number of rotatable bonds is 3. The molecule has 0 spiro atoms. The fourth-order valence-corrected chi connectivity index (χ4v) is 2.07. The minimum Gasteiger partial charge on any atom is -0.320 e. The molecule has 0 amide bonds. The molecular weight excluding hydrogens is 238 g/mol. The van der Waals surface area contributed by atoms with E-state index in [1.807, 2.05) is 23.6 Å². The summed E-state index contributed by atoms with van der Waals surface area (Å²) in [7, 11) is 0. The molecule has 19 heavy (non-hydrogen) atoms. The highest BCUT2D eigenvalue weighted by Crippen LogP contribution is 2.13. The maximum absolute atomic E-state index is 11.7. The van der Waals surface area contributed by atoms with Gasteiger partial charge in [0.05, 0.1) is 5.56 Å². The molecule has 0 unspecified atom stereocenters. The van der Waals surface area contributed by atoms with Gasteiger partial charge < -0.3 is 4.57 Å². The van der Waals surface area contributed by atoms with Crippen molar-refractivity contribution in [3.63, 3.8) is 0 Å². The largest absolute Gasteiger partial charge is 0.320 e. The molecular formula is C16H17NO2. The first-order chi connectivity index (χ1) is 9.02. The molecule has 2 rings (SSSR count). The number of carbonyl (C=O) groups excluding carboxylic acids is 1. The molecule has 1 aromatic carbocycles. The molecule has 0 aliphatic carbocycles. The normalized spacial score (nSPS) is 10.5. The van der Waals surface area contributed by atoms with E-state index in [4.69, 9.17) is 0 Å². The van der Waals surface area contributed by atoms with Gasteiger partial charge in [-0.05, 0) is 38.0 Å². The third-order valence-electron chi connectivity index (χ3n) is 3.25. The monoisotopic (exact) mass is 255 g/mol. The van der Waals surface area contributed by atoms with Crippen molar-refractivity contribution >= 4 is 5.78 Å². The minimum absolute atomic E-state index is 0.205. The van der Waals surface area contributed by atoms with Gasteiger partial charge in [0.25, 0.3) is 0 Å². The standard InChI is InChI=1S/C16H17NO2/c1-4-13-5-7-14(8-6-13)17-10-15(12(3)18)16(19)9-11(17)2/h5-10H,4H2,1-3H3. The van der Waals surface area contributed by atoms with E-state index in [2.05, 4.69) is 19.1 Å². The fourth-order valence-electron chi connectivity index (χ4n) is 2.07. The van der Waals surface area contributed by atoms with Gasteiger partial charge in [-0.25, -0.2) is 0 Å². The van der Waals surface area contributed by atoms with Crippen LogP contribution in [0.1, 0.15) is 35.5 Å². The lowest BCUT2D eigenvalue weighted by atomic mass is 10.1. The van der Waals surface area contributed by atoms with Crippen molar-refractivity contribution < 1.29 is 4.79 Å². The molecule has 3 nitrogen and oxygen atoms in total. The number of benzene rings is 1. The zero-order chi connectivity index (χ0) is 14.0. The number of nitrogens with zero attached hydrogens (tertiary/aromatic N) is 1. The molecule has 0 N–H and O–H groups in total. The average molecular weight is 255 g/mol. The van der Waals surface area contributed by atoms with E-state index >= 15 is 0 Å². The number of hydrogen-bond acceptors (Lipinski definition) is 2. The zero-order valence-electron chi connectivity index (χ0n) is 11.4.